The molecule has 1 N–H and O–H groups in total. The van der Waals surface area contributed by atoms with Crippen LogP contribution < -0.4 is 0 Å². The van der Waals surface area contributed by atoms with E-state index in [9.17, 15) is 5.11 Å². The van der Waals surface area contributed by atoms with Crippen LogP contribution in [-0.2, 0) is 12.0 Å². The molecule has 0 amide bonds. The summed E-state index contributed by atoms with van der Waals surface area (Å²) in [6.45, 7) is 1.85. The molecule has 3 aromatic rings. The van der Waals surface area contributed by atoms with Crippen molar-refractivity contribution in [2.24, 2.45) is 0 Å². The number of hydrogen-bond acceptors (Lipinski definition) is 4. The Hall–Kier alpha value is -1.23. The summed E-state index contributed by atoms with van der Waals surface area (Å²) >= 11 is 3.24. The summed E-state index contributed by atoms with van der Waals surface area (Å²) in [5.41, 5.74) is 0.182. The van der Waals surface area contributed by atoms with Crippen molar-refractivity contribution in [1.82, 2.24) is 4.98 Å². The Morgan fingerprint density at radius 1 is 1.22 bits per heavy atom. The zero-order chi connectivity index (χ0) is 12.6. The monoisotopic (exact) mass is 275 g/mol. The maximum Gasteiger partial charge on any atom is 0.102 e. The van der Waals surface area contributed by atoms with Gasteiger partial charge in [-0.25, -0.2) is 4.98 Å². The van der Waals surface area contributed by atoms with E-state index in [1.54, 1.807) is 22.7 Å². The fourth-order valence-corrected chi connectivity index (χ4v) is 3.87. The van der Waals surface area contributed by atoms with Crippen LogP contribution >= 0.6 is 22.7 Å². The molecular weight excluding hydrogens is 262 g/mol. The normalized spacial score (nSPS) is 14.8. The van der Waals surface area contributed by atoms with Gasteiger partial charge in [0.05, 0.1) is 15.2 Å². The van der Waals surface area contributed by atoms with Gasteiger partial charge in [0.25, 0.3) is 0 Å². The lowest BCUT2D eigenvalue weighted by Crippen LogP contribution is -2.22. The molecule has 0 aliphatic rings. The van der Waals surface area contributed by atoms with Crippen LogP contribution in [0.2, 0.25) is 0 Å². The van der Waals surface area contributed by atoms with Gasteiger partial charge < -0.3 is 5.11 Å². The maximum absolute atomic E-state index is 10.5. The highest BCUT2D eigenvalue weighted by molar-refractivity contribution is 7.18. The Morgan fingerprint density at radius 2 is 2.06 bits per heavy atom. The maximum atomic E-state index is 10.5. The number of aromatic nitrogens is 1. The molecule has 0 aliphatic heterocycles. The quantitative estimate of drug-likeness (QED) is 0.788. The number of aliphatic hydroxyl groups is 1. The first-order valence-corrected chi connectivity index (χ1v) is 7.45. The summed E-state index contributed by atoms with van der Waals surface area (Å²) in [5, 5.41) is 13.5. The smallest absolute Gasteiger partial charge is 0.102 e. The molecule has 0 fully saturated rings. The second-order valence-electron chi connectivity index (χ2n) is 4.50. The van der Waals surface area contributed by atoms with Gasteiger partial charge in [0.2, 0.25) is 0 Å². The zero-order valence-corrected chi connectivity index (χ0v) is 11.6. The zero-order valence-electron chi connectivity index (χ0n) is 9.96. The number of thiazole rings is 1. The van der Waals surface area contributed by atoms with E-state index in [4.69, 9.17) is 0 Å². The molecule has 4 heteroatoms. The molecule has 18 heavy (non-hydrogen) atoms. The molecule has 1 atom stereocenters. The van der Waals surface area contributed by atoms with Crippen molar-refractivity contribution < 1.29 is 5.11 Å². The second kappa shape index (κ2) is 4.46. The predicted molar refractivity (Wildman–Crippen MR) is 77.2 cm³/mol. The second-order valence-corrected chi connectivity index (χ2v) is 6.57. The van der Waals surface area contributed by atoms with E-state index in [-0.39, 0.29) is 0 Å². The first kappa shape index (κ1) is 11.8. The van der Waals surface area contributed by atoms with Crippen LogP contribution in [0.3, 0.4) is 0 Å². The minimum absolute atomic E-state index is 0.562. The number of thiophene rings is 1. The van der Waals surface area contributed by atoms with Crippen LogP contribution in [0, 0.1) is 0 Å². The van der Waals surface area contributed by atoms with Gasteiger partial charge in [-0.3, -0.25) is 0 Å². The molecule has 1 unspecified atom stereocenters. The van der Waals surface area contributed by atoms with Crippen molar-refractivity contribution >= 4 is 32.9 Å². The summed E-state index contributed by atoms with van der Waals surface area (Å²) in [6.07, 6.45) is 0.562. The third kappa shape index (κ3) is 2.19. The highest BCUT2D eigenvalue weighted by Gasteiger charge is 2.26. The molecule has 0 spiro atoms. The fourth-order valence-electron chi connectivity index (χ4n) is 1.96. The van der Waals surface area contributed by atoms with Gasteiger partial charge in [-0.15, -0.1) is 22.7 Å². The Bertz CT molecular complexity index is 622. The van der Waals surface area contributed by atoms with E-state index in [1.807, 2.05) is 42.6 Å². The minimum atomic E-state index is -0.831. The van der Waals surface area contributed by atoms with Crippen molar-refractivity contribution in [3.05, 3.63) is 51.7 Å². The fraction of sp³-hybridized carbons (Fsp3) is 0.214. The van der Waals surface area contributed by atoms with Crippen LogP contribution in [0.15, 0.2) is 41.8 Å². The molecule has 1 aromatic carbocycles. The molecule has 0 radical (unpaired) electrons. The summed E-state index contributed by atoms with van der Waals surface area (Å²) in [7, 11) is 0. The number of fused-ring (bicyclic) bond motifs is 1. The van der Waals surface area contributed by atoms with Gasteiger partial charge in [0.1, 0.15) is 5.60 Å². The number of para-hydroxylation sites is 1. The van der Waals surface area contributed by atoms with Gasteiger partial charge in [-0.1, -0.05) is 18.2 Å². The molecule has 2 heterocycles. The average molecular weight is 275 g/mol. The van der Waals surface area contributed by atoms with Crippen molar-refractivity contribution in [3.63, 3.8) is 0 Å². The molecule has 0 aliphatic carbocycles. The molecule has 2 aromatic heterocycles. The van der Waals surface area contributed by atoms with E-state index < -0.39 is 5.60 Å². The largest absolute Gasteiger partial charge is 0.384 e. The molecule has 92 valence electrons. The molecular formula is C14H13NOS2. The first-order chi connectivity index (χ1) is 8.65. The van der Waals surface area contributed by atoms with E-state index in [2.05, 4.69) is 11.1 Å². The lowest BCUT2D eigenvalue weighted by molar-refractivity contribution is 0.0615. The number of rotatable bonds is 3. The highest BCUT2D eigenvalue weighted by atomic mass is 32.1. The first-order valence-electron chi connectivity index (χ1n) is 5.76. The van der Waals surface area contributed by atoms with Gasteiger partial charge in [-0.2, -0.15) is 0 Å². The Balaban J connectivity index is 1.92. The van der Waals surface area contributed by atoms with Crippen LogP contribution in [-0.4, -0.2) is 10.1 Å². The molecule has 0 bridgehead atoms. The van der Waals surface area contributed by atoms with Crippen molar-refractivity contribution in [1.29, 1.82) is 0 Å². The number of nitrogens with zero attached hydrogens (tertiary/aromatic N) is 1. The standard InChI is InChI=1S/C14H13NOS2/c1-14(16,12-7-4-8-17-12)9-13-15-10-5-2-3-6-11(10)18-13/h2-8,16H,9H2,1H3. The summed E-state index contributed by atoms with van der Waals surface area (Å²) in [6, 6.07) is 12.0. The van der Waals surface area contributed by atoms with Gasteiger partial charge >= 0.3 is 0 Å². The number of hydrogen-bond donors (Lipinski definition) is 1. The SMILES string of the molecule is CC(O)(Cc1nc2ccccc2s1)c1cccs1. The van der Waals surface area contributed by atoms with E-state index in [0.717, 1.165) is 15.4 Å². The average Bonchev–Trinajstić information content (AvgIpc) is 2.96. The molecule has 0 saturated heterocycles. The van der Waals surface area contributed by atoms with E-state index in [0.29, 0.717) is 6.42 Å². The molecule has 2 nitrogen and oxygen atoms in total. The summed E-state index contributed by atoms with van der Waals surface area (Å²) in [5.74, 6) is 0. The Morgan fingerprint density at radius 3 is 2.78 bits per heavy atom. The van der Waals surface area contributed by atoms with E-state index >= 15 is 0 Å². The lowest BCUT2D eigenvalue weighted by Gasteiger charge is -2.20. The van der Waals surface area contributed by atoms with Crippen LogP contribution in [0.4, 0.5) is 0 Å². The third-order valence-electron chi connectivity index (χ3n) is 2.89. The highest BCUT2D eigenvalue weighted by Crippen LogP contribution is 2.31. The minimum Gasteiger partial charge on any atom is -0.384 e. The van der Waals surface area contributed by atoms with Crippen LogP contribution in [0.1, 0.15) is 16.8 Å². The van der Waals surface area contributed by atoms with Crippen molar-refractivity contribution in [3.8, 4) is 0 Å². The van der Waals surface area contributed by atoms with Gasteiger partial charge in [-0.05, 0) is 30.5 Å². The predicted octanol–water partition coefficient (Wildman–Crippen LogP) is 3.81. The molecule has 3 rings (SSSR count). The van der Waals surface area contributed by atoms with Gasteiger partial charge in [0.15, 0.2) is 0 Å². The topological polar surface area (TPSA) is 33.1 Å². The summed E-state index contributed by atoms with van der Waals surface area (Å²) in [4.78, 5) is 5.56. The van der Waals surface area contributed by atoms with E-state index in [1.165, 1.54) is 4.70 Å². The van der Waals surface area contributed by atoms with Crippen molar-refractivity contribution in [2.45, 2.75) is 18.9 Å². The Kier molecular flexibility index (Phi) is 2.93. The van der Waals surface area contributed by atoms with Gasteiger partial charge in [0, 0.05) is 11.3 Å². The Labute approximate surface area is 114 Å². The van der Waals surface area contributed by atoms with Crippen molar-refractivity contribution in [2.75, 3.05) is 0 Å². The molecule has 0 saturated carbocycles. The van der Waals surface area contributed by atoms with Crippen LogP contribution in [0.25, 0.3) is 10.2 Å². The lowest BCUT2D eigenvalue weighted by atomic mass is 10.0. The third-order valence-corrected chi connectivity index (χ3v) is 5.04. The number of benzene rings is 1. The summed E-state index contributed by atoms with van der Waals surface area (Å²) < 4.78 is 1.18. The van der Waals surface area contributed by atoms with Crippen LogP contribution in [0.5, 0.6) is 0 Å².